The molecule has 2 N–H and O–H groups in total. The third-order valence-electron chi connectivity index (χ3n) is 6.06. The highest BCUT2D eigenvalue weighted by atomic mass is 16.2. The Morgan fingerprint density at radius 2 is 1.60 bits per heavy atom. The van der Waals surface area contributed by atoms with Crippen LogP contribution in [0.2, 0.25) is 0 Å². The van der Waals surface area contributed by atoms with E-state index in [2.05, 4.69) is 25.7 Å². The second-order valence-electron chi connectivity index (χ2n) is 8.20. The van der Waals surface area contributed by atoms with Crippen LogP contribution >= 0.6 is 0 Å². The summed E-state index contributed by atoms with van der Waals surface area (Å²) in [7, 11) is 0. The van der Waals surface area contributed by atoms with Gasteiger partial charge in [-0.05, 0) is 49.9 Å². The Morgan fingerprint density at radius 3 is 2.27 bits per heavy atom. The van der Waals surface area contributed by atoms with Crippen LogP contribution in [0.3, 0.4) is 0 Å². The standard InChI is InChI=1S/C23H29N5O2/c29-22(17-7-3-1-4-8-17)24-19-13-15-28(16-14-19)21-12-11-20(26-27-21)23(30)25-18-9-5-2-6-10-18/h2,5-6,9-12,17,19H,1,3-4,7-8,13-16H2,(H,24,29)(H,25,30). The van der Waals surface area contributed by atoms with E-state index in [1.54, 1.807) is 6.07 Å². The highest BCUT2D eigenvalue weighted by molar-refractivity contribution is 6.02. The van der Waals surface area contributed by atoms with Gasteiger partial charge >= 0.3 is 0 Å². The number of nitrogens with zero attached hydrogens (tertiary/aromatic N) is 3. The number of hydrogen-bond acceptors (Lipinski definition) is 5. The van der Waals surface area contributed by atoms with E-state index in [4.69, 9.17) is 0 Å². The first-order chi connectivity index (χ1) is 14.7. The minimum atomic E-state index is -0.274. The lowest BCUT2D eigenvalue weighted by atomic mass is 9.88. The van der Waals surface area contributed by atoms with Crippen molar-refractivity contribution in [3.63, 3.8) is 0 Å². The molecule has 0 unspecified atom stereocenters. The van der Waals surface area contributed by atoms with Gasteiger partial charge in [0.2, 0.25) is 5.91 Å². The van der Waals surface area contributed by atoms with Crippen LogP contribution in [0, 0.1) is 5.92 Å². The van der Waals surface area contributed by atoms with Gasteiger partial charge < -0.3 is 15.5 Å². The maximum absolute atomic E-state index is 12.5. The molecule has 0 radical (unpaired) electrons. The number of carbonyl (C=O) groups excluding carboxylic acids is 2. The fraction of sp³-hybridized carbons (Fsp3) is 0.478. The molecular formula is C23H29N5O2. The largest absolute Gasteiger partial charge is 0.355 e. The molecule has 1 aromatic carbocycles. The summed E-state index contributed by atoms with van der Waals surface area (Å²) in [6, 6.07) is 13.1. The van der Waals surface area contributed by atoms with Crippen molar-refractivity contribution in [2.45, 2.75) is 51.0 Å². The molecule has 2 amide bonds. The van der Waals surface area contributed by atoms with Gasteiger partial charge in [0.05, 0.1) is 0 Å². The number of para-hydroxylation sites is 1. The molecule has 30 heavy (non-hydrogen) atoms. The lowest BCUT2D eigenvalue weighted by molar-refractivity contribution is -0.126. The molecule has 1 aromatic heterocycles. The van der Waals surface area contributed by atoms with Gasteiger partial charge in [0.25, 0.3) is 5.91 Å². The van der Waals surface area contributed by atoms with E-state index in [1.165, 1.54) is 19.3 Å². The fourth-order valence-corrected chi connectivity index (χ4v) is 4.27. The van der Waals surface area contributed by atoms with Gasteiger partial charge in [-0.1, -0.05) is 37.5 Å². The van der Waals surface area contributed by atoms with E-state index in [0.717, 1.165) is 50.3 Å². The normalized spacial score (nSPS) is 18.1. The van der Waals surface area contributed by atoms with E-state index >= 15 is 0 Å². The summed E-state index contributed by atoms with van der Waals surface area (Å²) < 4.78 is 0. The minimum Gasteiger partial charge on any atom is -0.355 e. The third kappa shape index (κ3) is 5.14. The number of nitrogens with one attached hydrogen (secondary N) is 2. The molecular weight excluding hydrogens is 378 g/mol. The highest BCUT2D eigenvalue weighted by Crippen LogP contribution is 2.24. The van der Waals surface area contributed by atoms with Gasteiger partial charge in [0, 0.05) is 30.7 Å². The van der Waals surface area contributed by atoms with Gasteiger partial charge in [0.1, 0.15) is 0 Å². The predicted molar refractivity (Wildman–Crippen MR) is 116 cm³/mol. The monoisotopic (exact) mass is 407 g/mol. The fourth-order valence-electron chi connectivity index (χ4n) is 4.27. The summed E-state index contributed by atoms with van der Waals surface area (Å²) >= 11 is 0. The molecule has 2 aromatic rings. The molecule has 0 atom stereocenters. The van der Waals surface area contributed by atoms with Crippen LogP contribution in [0.15, 0.2) is 42.5 Å². The Labute approximate surface area is 177 Å². The second kappa shape index (κ2) is 9.69. The predicted octanol–water partition coefficient (Wildman–Crippen LogP) is 3.39. The molecule has 2 aliphatic rings. The van der Waals surface area contributed by atoms with Gasteiger partial charge in [-0.3, -0.25) is 9.59 Å². The maximum atomic E-state index is 12.5. The first-order valence-electron chi connectivity index (χ1n) is 10.9. The quantitative estimate of drug-likeness (QED) is 0.793. The summed E-state index contributed by atoms with van der Waals surface area (Å²) in [5.74, 6) is 0.937. The molecule has 2 heterocycles. The van der Waals surface area contributed by atoms with Crippen molar-refractivity contribution in [3.8, 4) is 0 Å². The lowest BCUT2D eigenvalue weighted by Crippen LogP contribution is -2.46. The van der Waals surface area contributed by atoms with Crippen molar-refractivity contribution in [2.75, 3.05) is 23.3 Å². The zero-order valence-corrected chi connectivity index (χ0v) is 17.2. The van der Waals surface area contributed by atoms with Crippen LogP contribution in [0.1, 0.15) is 55.4 Å². The number of aromatic nitrogens is 2. The first-order valence-corrected chi connectivity index (χ1v) is 10.9. The Morgan fingerprint density at radius 1 is 0.867 bits per heavy atom. The summed E-state index contributed by atoms with van der Waals surface area (Å²) in [5.41, 5.74) is 1.02. The summed E-state index contributed by atoms with van der Waals surface area (Å²) in [6.07, 6.45) is 7.47. The van der Waals surface area contributed by atoms with Crippen molar-refractivity contribution in [3.05, 3.63) is 48.2 Å². The summed E-state index contributed by atoms with van der Waals surface area (Å²) in [5, 5.41) is 14.4. The molecule has 1 saturated carbocycles. The smallest absolute Gasteiger partial charge is 0.276 e. The van der Waals surface area contributed by atoms with Crippen LogP contribution in [-0.2, 0) is 4.79 Å². The van der Waals surface area contributed by atoms with Crippen molar-refractivity contribution in [2.24, 2.45) is 5.92 Å². The summed E-state index contributed by atoms with van der Waals surface area (Å²) in [4.78, 5) is 26.9. The van der Waals surface area contributed by atoms with Crippen molar-refractivity contribution in [1.82, 2.24) is 15.5 Å². The number of hydrogen-bond donors (Lipinski definition) is 2. The molecule has 0 bridgehead atoms. The zero-order chi connectivity index (χ0) is 20.8. The topological polar surface area (TPSA) is 87.2 Å². The van der Waals surface area contributed by atoms with Crippen molar-refractivity contribution < 1.29 is 9.59 Å². The van der Waals surface area contributed by atoms with Crippen LogP contribution in [0.25, 0.3) is 0 Å². The third-order valence-corrected chi connectivity index (χ3v) is 6.06. The van der Waals surface area contributed by atoms with E-state index in [1.807, 2.05) is 36.4 Å². The van der Waals surface area contributed by atoms with Crippen LogP contribution in [-0.4, -0.2) is 41.1 Å². The Balaban J connectivity index is 1.26. The number of rotatable bonds is 5. The molecule has 7 nitrogen and oxygen atoms in total. The molecule has 1 saturated heterocycles. The number of benzene rings is 1. The molecule has 7 heteroatoms. The number of carbonyl (C=O) groups is 2. The second-order valence-corrected chi connectivity index (χ2v) is 8.20. The molecule has 0 spiro atoms. The number of piperidine rings is 1. The minimum absolute atomic E-state index is 0.206. The maximum Gasteiger partial charge on any atom is 0.276 e. The molecule has 2 fully saturated rings. The van der Waals surface area contributed by atoms with Gasteiger partial charge in [-0.2, -0.15) is 0 Å². The molecule has 158 valence electrons. The average molecular weight is 408 g/mol. The first kappa shape index (κ1) is 20.3. The van der Waals surface area contributed by atoms with Crippen LogP contribution in [0.4, 0.5) is 11.5 Å². The van der Waals surface area contributed by atoms with Crippen LogP contribution < -0.4 is 15.5 Å². The zero-order valence-electron chi connectivity index (χ0n) is 17.2. The molecule has 1 aliphatic carbocycles. The Bertz CT molecular complexity index is 842. The molecule has 1 aliphatic heterocycles. The van der Waals surface area contributed by atoms with E-state index in [-0.39, 0.29) is 29.5 Å². The number of anilines is 2. The number of amides is 2. The summed E-state index contributed by atoms with van der Waals surface area (Å²) in [6.45, 7) is 1.64. The Hall–Kier alpha value is -2.96. The van der Waals surface area contributed by atoms with Crippen molar-refractivity contribution in [1.29, 1.82) is 0 Å². The average Bonchev–Trinajstić information content (AvgIpc) is 2.81. The van der Waals surface area contributed by atoms with Crippen molar-refractivity contribution >= 4 is 23.3 Å². The van der Waals surface area contributed by atoms with E-state index in [0.29, 0.717) is 0 Å². The lowest BCUT2D eigenvalue weighted by Gasteiger charge is -2.34. The molecule has 4 rings (SSSR count). The Kier molecular flexibility index (Phi) is 6.57. The van der Waals surface area contributed by atoms with Gasteiger partial charge in [-0.15, -0.1) is 10.2 Å². The SMILES string of the molecule is O=C(Nc1ccccc1)c1ccc(N2CCC(NC(=O)C3CCCCC3)CC2)nn1. The van der Waals surface area contributed by atoms with Gasteiger partial charge in [-0.25, -0.2) is 0 Å². The van der Waals surface area contributed by atoms with E-state index < -0.39 is 0 Å². The van der Waals surface area contributed by atoms with Crippen LogP contribution in [0.5, 0.6) is 0 Å². The highest BCUT2D eigenvalue weighted by Gasteiger charge is 2.26. The van der Waals surface area contributed by atoms with E-state index in [9.17, 15) is 9.59 Å². The van der Waals surface area contributed by atoms with Gasteiger partial charge in [0.15, 0.2) is 11.5 Å².